The third-order valence-corrected chi connectivity index (χ3v) is 7.34. The number of aryl methyl sites for hydroxylation is 1. The topological polar surface area (TPSA) is 35.5 Å². The van der Waals surface area contributed by atoms with Gasteiger partial charge in [0.1, 0.15) is 11.9 Å². The highest BCUT2D eigenvalue weighted by Crippen LogP contribution is 2.28. The largest absolute Gasteiger partial charge is 0.482 e. The number of benzene rings is 3. The maximum Gasteiger partial charge on any atom is 0.416 e. The molecule has 3 aromatic rings. The average molecular weight is 555 g/mol. The number of carbonyl (C=O) groups excluding carboxylic acids is 1. The molecule has 1 atom stereocenters. The van der Waals surface area contributed by atoms with Crippen LogP contribution in [0, 0.1) is 14.1 Å². The smallest absolute Gasteiger partial charge is 0.416 e. The summed E-state index contributed by atoms with van der Waals surface area (Å²) in [7, 11) is 0. The van der Waals surface area contributed by atoms with E-state index >= 15 is 0 Å². The van der Waals surface area contributed by atoms with Gasteiger partial charge in [-0.1, -0.05) is 36.8 Å². The van der Waals surface area contributed by atoms with Crippen molar-refractivity contribution in [2.24, 2.45) is 0 Å². The van der Waals surface area contributed by atoms with E-state index in [4.69, 9.17) is 9.47 Å². The SMILES string of the molecule is CCC(OC(=O)COc1ccc([I+]c2ccc(C(F)(F)F)cc2)cc1)c1ccc(C)cc1. The van der Waals surface area contributed by atoms with Crippen molar-refractivity contribution in [2.45, 2.75) is 32.5 Å². The lowest BCUT2D eigenvalue weighted by Gasteiger charge is -2.17. The number of carbonyl (C=O) groups is 1. The summed E-state index contributed by atoms with van der Waals surface area (Å²) in [5.41, 5.74) is 1.44. The van der Waals surface area contributed by atoms with Crippen LogP contribution in [0.1, 0.15) is 36.1 Å². The van der Waals surface area contributed by atoms with Crippen LogP contribution >= 0.6 is 0 Å². The van der Waals surface area contributed by atoms with Gasteiger partial charge in [-0.3, -0.25) is 0 Å². The summed E-state index contributed by atoms with van der Waals surface area (Å²) in [6, 6.07) is 20.4. The van der Waals surface area contributed by atoms with Gasteiger partial charge in [-0.2, -0.15) is 13.2 Å². The average Bonchev–Trinajstić information content (AvgIpc) is 2.77. The second kappa shape index (κ2) is 10.8. The number of hydrogen-bond acceptors (Lipinski definition) is 3. The van der Waals surface area contributed by atoms with E-state index < -0.39 is 38.9 Å². The fourth-order valence-electron chi connectivity index (χ4n) is 2.92. The zero-order valence-electron chi connectivity index (χ0n) is 17.7. The molecule has 3 aromatic carbocycles. The molecular weight excluding hydrogens is 532 g/mol. The molecule has 3 rings (SSSR count). The van der Waals surface area contributed by atoms with Crippen LogP contribution < -0.4 is 25.9 Å². The third kappa shape index (κ3) is 6.98. The first-order chi connectivity index (χ1) is 15.2. The van der Waals surface area contributed by atoms with E-state index in [0.29, 0.717) is 12.2 Å². The monoisotopic (exact) mass is 555 g/mol. The molecule has 7 heteroatoms. The van der Waals surface area contributed by atoms with Crippen LogP contribution in [0.3, 0.4) is 0 Å². The van der Waals surface area contributed by atoms with E-state index in [0.717, 1.165) is 30.4 Å². The Bertz CT molecular complexity index is 1010. The molecule has 0 aliphatic heterocycles. The van der Waals surface area contributed by atoms with Gasteiger partial charge in [0.15, 0.2) is 13.7 Å². The van der Waals surface area contributed by atoms with Crippen molar-refractivity contribution in [1.82, 2.24) is 0 Å². The molecule has 0 amide bonds. The van der Waals surface area contributed by atoms with Crippen molar-refractivity contribution in [3.63, 3.8) is 0 Å². The normalized spacial score (nSPS) is 12.3. The molecule has 32 heavy (non-hydrogen) atoms. The first-order valence-electron chi connectivity index (χ1n) is 10.1. The van der Waals surface area contributed by atoms with Gasteiger partial charge in [0.2, 0.25) is 0 Å². The predicted octanol–water partition coefficient (Wildman–Crippen LogP) is 3.22. The summed E-state index contributed by atoms with van der Waals surface area (Å²) in [6.45, 7) is 3.76. The lowest BCUT2D eigenvalue weighted by molar-refractivity contribution is -0.597. The van der Waals surface area contributed by atoms with E-state index in [-0.39, 0.29) is 12.7 Å². The Kier molecular flexibility index (Phi) is 8.17. The zero-order chi connectivity index (χ0) is 23.1. The first kappa shape index (κ1) is 24.1. The maximum absolute atomic E-state index is 12.7. The molecule has 1 unspecified atom stereocenters. The Morgan fingerprint density at radius 1 is 0.906 bits per heavy atom. The minimum atomic E-state index is -4.33. The van der Waals surface area contributed by atoms with Gasteiger partial charge < -0.3 is 9.47 Å². The summed E-state index contributed by atoms with van der Waals surface area (Å²) < 4.78 is 51.0. The molecule has 0 aliphatic rings. The van der Waals surface area contributed by atoms with Crippen LogP contribution in [0.2, 0.25) is 0 Å². The Morgan fingerprint density at radius 3 is 2.00 bits per heavy atom. The maximum atomic E-state index is 12.7. The molecule has 0 radical (unpaired) electrons. The number of rotatable bonds is 8. The van der Waals surface area contributed by atoms with E-state index in [9.17, 15) is 18.0 Å². The van der Waals surface area contributed by atoms with Gasteiger partial charge in [0, 0.05) is 0 Å². The molecular formula is C25H23F3IO3+. The third-order valence-electron chi connectivity index (χ3n) is 4.65. The van der Waals surface area contributed by atoms with Crippen LogP contribution in [0.4, 0.5) is 13.2 Å². The molecule has 0 spiro atoms. The van der Waals surface area contributed by atoms with Crippen LogP contribution in [0.5, 0.6) is 5.75 Å². The van der Waals surface area contributed by atoms with Gasteiger partial charge in [0.25, 0.3) is 0 Å². The van der Waals surface area contributed by atoms with Gasteiger partial charge >= 0.3 is 33.4 Å². The second-order valence-electron chi connectivity index (χ2n) is 7.14. The summed E-state index contributed by atoms with van der Waals surface area (Å²) >= 11 is -0.614. The van der Waals surface area contributed by atoms with Crippen molar-refractivity contribution in [1.29, 1.82) is 0 Å². The fraction of sp³-hybridized carbons (Fsp3) is 0.240. The van der Waals surface area contributed by atoms with Crippen molar-refractivity contribution in [3.8, 4) is 5.75 Å². The van der Waals surface area contributed by atoms with Crippen LogP contribution in [0.25, 0.3) is 0 Å². The lowest BCUT2D eigenvalue weighted by atomic mass is 10.1. The quantitative estimate of drug-likeness (QED) is 0.317. The highest BCUT2D eigenvalue weighted by Gasteiger charge is 2.30. The van der Waals surface area contributed by atoms with Gasteiger partial charge in [-0.05, 0) is 67.4 Å². The van der Waals surface area contributed by atoms with Crippen LogP contribution in [-0.4, -0.2) is 12.6 Å². The van der Waals surface area contributed by atoms with Gasteiger partial charge in [0.05, 0.1) is 5.56 Å². The molecule has 0 fully saturated rings. The number of alkyl halides is 3. The van der Waals surface area contributed by atoms with Crippen molar-refractivity contribution in [2.75, 3.05) is 6.61 Å². The first-order valence-corrected chi connectivity index (χ1v) is 12.2. The minimum Gasteiger partial charge on any atom is -0.482 e. The summed E-state index contributed by atoms with van der Waals surface area (Å²) in [5, 5.41) is 0. The molecule has 0 heterocycles. The standard InChI is InChI=1S/C25H23F3IO3/c1-3-23(18-6-4-17(2)5-7-18)32-24(30)16-31-22-14-12-21(13-15-22)29-20-10-8-19(9-11-20)25(26,27)28/h4-15,23H,3,16H2,1-2H3/q+1. The lowest BCUT2D eigenvalue weighted by Crippen LogP contribution is -3.61. The second-order valence-corrected chi connectivity index (χ2v) is 10.2. The number of halogens is 4. The summed E-state index contributed by atoms with van der Waals surface area (Å²) in [6.07, 6.45) is -3.98. The highest BCUT2D eigenvalue weighted by molar-refractivity contribution is 5.71. The Morgan fingerprint density at radius 2 is 1.47 bits per heavy atom. The predicted molar refractivity (Wildman–Crippen MR) is 111 cm³/mol. The van der Waals surface area contributed by atoms with E-state index in [2.05, 4.69) is 0 Å². The summed E-state index contributed by atoms with van der Waals surface area (Å²) in [5.74, 6) is 0.0872. The van der Waals surface area contributed by atoms with E-state index in [1.165, 1.54) is 12.1 Å². The molecule has 0 saturated carbocycles. The number of hydrogen-bond donors (Lipinski definition) is 0. The molecule has 0 N–H and O–H groups in total. The van der Waals surface area contributed by atoms with Crippen LogP contribution in [0.15, 0.2) is 72.8 Å². The molecule has 0 saturated heterocycles. The Balaban J connectivity index is 1.50. The molecule has 168 valence electrons. The fourth-order valence-corrected chi connectivity index (χ4v) is 5.08. The van der Waals surface area contributed by atoms with E-state index in [1.807, 2.05) is 50.2 Å². The van der Waals surface area contributed by atoms with Gasteiger partial charge in [-0.25, -0.2) is 4.79 Å². The van der Waals surface area contributed by atoms with E-state index in [1.54, 1.807) is 12.1 Å². The molecule has 0 aliphatic carbocycles. The molecule has 0 bridgehead atoms. The molecule has 0 aromatic heterocycles. The minimum absolute atomic E-state index is 0.199. The highest BCUT2D eigenvalue weighted by atomic mass is 127. The van der Waals surface area contributed by atoms with Crippen LogP contribution in [-0.2, 0) is 15.7 Å². The van der Waals surface area contributed by atoms with Crippen molar-refractivity contribution in [3.05, 3.63) is 96.6 Å². The van der Waals surface area contributed by atoms with Crippen molar-refractivity contribution >= 4 is 5.97 Å². The summed E-state index contributed by atoms with van der Waals surface area (Å²) in [4.78, 5) is 12.2. The Hall–Kier alpha value is -2.55. The molecule has 3 nitrogen and oxygen atoms in total. The zero-order valence-corrected chi connectivity index (χ0v) is 19.8. The number of esters is 1. The number of ether oxygens (including phenoxy) is 2. The Labute approximate surface area is 195 Å². The van der Waals surface area contributed by atoms with Gasteiger partial charge in [-0.15, -0.1) is 0 Å². The van der Waals surface area contributed by atoms with Crippen molar-refractivity contribution < 1.29 is 48.6 Å².